The lowest BCUT2D eigenvalue weighted by Crippen LogP contribution is -2.31. The van der Waals surface area contributed by atoms with Crippen molar-refractivity contribution >= 4 is 5.57 Å². The highest BCUT2D eigenvalue weighted by molar-refractivity contribution is 5.74. The van der Waals surface area contributed by atoms with Gasteiger partial charge in [0, 0.05) is 11.8 Å². The minimum atomic E-state index is 0.159. The molecule has 4 unspecified atom stereocenters. The van der Waals surface area contributed by atoms with Gasteiger partial charge in [-0.2, -0.15) is 0 Å². The molecule has 2 aromatic rings. The molecule has 212 valence electrons. The van der Waals surface area contributed by atoms with Gasteiger partial charge < -0.3 is 0 Å². The minimum absolute atomic E-state index is 0.159. The SMILES string of the molecule is C=C1/C(=C\C2=CC=C(c3cccc(C(C)(C)C)c3)C2)CC2=CC(C)C(C(=C)CCC)C(c3ccc4c(c3)CCC4)C12. The van der Waals surface area contributed by atoms with E-state index in [2.05, 4.69) is 108 Å². The van der Waals surface area contributed by atoms with Crippen molar-refractivity contribution in [3.8, 4) is 0 Å². The molecule has 4 atom stereocenters. The van der Waals surface area contributed by atoms with Crippen LogP contribution in [0.5, 0.6) is 0 Å². The molecule has 4 aliphatic carbocycles. The Hall–Kier alpha value is -3.12. The van der Waals surface area contributed by atoms with Crippen LogP contribution >= 0.6 is 0 Å². The summed E-state index contributed by atoms with van der Waals surface area (Å²) in [5.74, 6) is 1.78. The van der Waals surface area contributed by atoms with Crippen molar-refractivity contribution in [2.75, 3.05) is 0 Å². The van der Waals surface area contributed by atoms with E-state index in [0.717, 1.165) is 25.7 Å². The molecule has 0 saturated heterocycles. The maximum absolute atomic E-state index is 4.81. The quantitative estimate of drug-likeness (QED) is 0.320. The monoisotopic (exact) mass is 540 g/mol. The van der Waals surface area contributed by atoms with Crippen molar-refractivity contribution in [2.45, 2.75) is 90.9 Å². The van der Waals surface area contributed by atoms with Crippen LogP contribution in [-0.4, -0.2) is 0 Å². The molecule has 41 heavy (non-hydrogen) atoms. The van der Waals surface area contributed by atoms with Crippen LogP contribution in [0.15, 0.2) is 108 Å². The molecule has 0 N–H and O–H groups in total. The van der Waals surface area contributed by atoms with E-state index in [1.807, 2.05) is 0 Å². The lowest BCUT2D eigenvalue weighted by Gasteiger charge is -2.41. The van der Waals surface area contributed by atoms with Crippen molar-refractivity contribution in [1.29, 1.82) is 0 Å². The topological polar surface area (TPSA) is 0 Å². The summed E-state index contributed by atoms with van der Waals surface area (Å²) in [5.41, 5.74) is 16.2. The van der Waals surface area contributed by atoms with Crippen LogP contribution < -0.4 is 0 Å². The predicted molar refractivity (Wildman–Crippen MR) is 177 cm³/mol. The molecule has 0 bridgehead atoms. The third-order valence-corrected chi connectivity index (χ3v) is 10.3. The molecule has 0 radical (unpaired) electrons. The van der Waals surface area contributed by atoms with Gasteiger partial charge in [-0.05, 0) is 106 Å². The van der Waals surface area contributed by atoms with E-state index < -0.39 is 0 Å². The number of rotatable bonds is 6. The number of aryl methyl sites for hydroxylation is 2. The van der Waals surface area contributed by atoms with Crippen LogP contribution in [0.25, 0.3) is 5.57 Å². The number of hydrogen-bond donors (Lipinski definition) is 0. The second kappa shape index (κ2) is 10.9. The average Bonchev–Trinajstić information content (AvgIpc) is 3.67. The van der Waals surface area contributed by atoms with Gasteiger partial charge in [-0.1, -0.05) is 132 Å². The molecule has 2 aromatic carbocycles. The van der Waals surface area contributed by atoms with Crippen LogP contribution in [0.4, 0.5) is 0 Å². The standard InChI is InChI=1S/C41H48/c1-8-11-26(2)38-27(3)20-36-24-35(28(4)39(36)40(38)34-19-18-30-12-9-13-31(30)23-34)22-29-16-17-33(21-29)32-14-10-15-37(25-32)41(5,6)7/h10,14-20,22-23,25,27,38-40H,2,4,8-9,11-13,21,24H2,1,3,5-7H3/b35-22-. The number of allylic oxidation sites excluding steroid dienone is 10. The van der Waals surface area contributed by atoms with E-state index >= 15 is 0 Å². The fraction of sp³-hybridized carbons (Fsp3) is 0.415. The maximum atomic E-state index is 4.81. The lowest BCUT2D eigenvalue weighted by atomic mass is 9.62. The molecule has 4 aliphatic rings. The number of fused-ring (bicyclic) bond motifs is 2. The zero-order chi connectivity index (χ0) is 28.9. The molecule has 1 saturated carbocycles. The van der Waals surface area contributed by atoms with Gasteiger partial charge in [0.25, 0.3) is 0 Å². The van der Waals surface area contributed by atoms with Crippen LogP contribution in [0, 0.1) is 17.8 Å². The first-order chi connectivity index (χ1) is 19.6. The molecular formula is C41H48. The van der Waals surface area contributed by atoms with Gasteiger partial charge in [0.1, 0.15) is 0 Å². The fourth-order valence-electron chi connectivity index (χ4n) is 8.16. The first-order valence-corrected chi connectivity index (χ1v) is 16.0. The molecular weight excluding hydrogens is 492 g/mol. The molecule has 0 amide bonds. The summed E-state index contributed by atoms with van der Waals surface area (Å²) in [6, 6.07) is 16.6. The Bertz CT molecular complexity index is 1510. The third-order valence-electron chi connectivity index (χ3n) is 10.3. The van der Waals surface area contributed by atoms with E-state index in [4.69, 9.17) is 6.58 Å². The Morgan fingerprint density at radius 2 is 1.80 bits per heavy atom. The zero-order valence-electron chi connectivity index (χ0n) is 26.0. The van der Waals surface area contributed by atoms with E-state index in [1.165, 1.54) is 63.8 Å². The number of hydrogen-bond acceptors (Lipinski definition) is 0. The third kappa shape index (κ3) is 5.31. The highest BCUT2D eigenvalue weighted by Crippen LogP contribution is 2.57. The molecule has 0 heterocycles. The van der Waals surface area contributed by atoms with Gasteiger partial charge in [-0.3, -0.25) is 0 Å². The van der Waals surface area contributed by atoms with Gasteiger partial charge in [0.05, 0.1) is 0 Å². The molecule has 0 spiro atoms. The second-order valence-electron chi connectivity index (χ2n) is 14.2. The Balaban J connectivity index is 1.29. The first-order valence-electron chi connectivity index (χ1n) is 16.0. The smallest absolute Gasteiger partial charge is 0.0123 e. The minimum Gasteiger partial charge on any atom is -0.0995 e. The second-order valence-corrected chi connectivity index (χ2v) is 14.2. The number of benzene rings is 2. The molecule has 0 nitrogen and oxygen atoms in total. The van der Waals surface area contributed by atoms with Crippen LogP contribution in [0.1, 0.15) is 100 Å². The molecule has 0 heteroatoms. The summed E-state index contributed by atoms with van der Waals surface area (Å²) in [5, 5.41) is 0. The summed E-state index contributed by atoms with van der Waals surface area (Å²) in [7, 11) is 0. The average molecular weight is 541 g/mol. The normalized spacial score (nSPS) is 26.5. The van der Waals surface area contributed by atoms with Crippen LogP contribution in [0.2, 0.25) is 0 Å². The summed E-state index contributed by atoms with van der Waals surface area (Å²) in [6.07, 6.45) is 17.8. The van der Waals surface area contributed by atoms with Gasteiger partial charge in [-0.15, -0.1) is 0 Å². The Kier molecular flexibility index (Phi) is 7.48. The van der Waals surface area contributed by atoms with Crippen molar-refractivity contribution in [1.82, 2.24) is 0 Å². The molecule has 6 rings (SSSR count). The Morgan fingerprint density at radius 3 is 2.59 bits per heavy atom. The first kappa shape index (κ1) is 28.0. The van der Waals surface area contributed by atoms with Crippen LogP contribution in [-0.2, 0) is 18.3 Å². The Labute approximate surface area is 249 Å². The molecule has 0 aliphatic heterocycles. The zero-order valence-corrected chi connectivity index (χ0v) is 26.0. The fourth-order valence-corrected chi connectivity index (χ4v) is 8.16. The van der Waals surface area contributed by atoms with E-state index in [-0.39, 0.29) is 5.41 Å². The van der Waals surface area contributed by atoms with Crippen molar-refractivity contribution < 1.29 is 0 Å². The summed E-state index contributed by atoms with van der Waals surface area (Å²) in [4.78, 5) is 0. The summed E-state index contributed by atoms with van der Waals surface area (Å²) >= 11 is 0. The lowest BCUT2D eigenvalue weighted by molar-refractivity contribution is 0.322. The van der Waals surface area contributed by atoms with Gasteiger partial charge in [-0.25, -0.2) is 0 Å². The van der Waals surface area contributed by atoms with Crippen molar-refractivity contribution in [3.63, 3.8) is 0 Å². The highest BCUT2D eigenvalue weighted by Gasteiger charge is 2.45. The summed E-state index contributed by atoms with van der Waals surface area (Å²) in [6.45, 7) is 21.1. The van der Waals surface area contributed by atoms with E-state index in [1.54, 1.807) is 16.7 Å². The Morgan fingerprint density at radius 1 is 1.00 bits per heavy atom. The maximum Gasteiger partial charge on any atom is 0.0123 e. The van der Waals surface area contributed by atoms with Crippen molar-refractivity contribution in [3.05, 3.63) is 136 Å². The highest BCUT2D eigenvalue weighted by atomic mass is 14.5. The molecule has 1 fully saturated rings. The van der Waals surface area contributed by atoms with Gasteiger partial charge in [0.15, 0.2) is 0 Å². The van der Waals surface area contributed by atoms with Crippen LogP contribution in [0.3, 0.4) is 0 Å². The predicted octanol–water partition coefficient (Wildman–Crippen LogP) is 11.0. The van der Waals surface area contributed by atoms with Gasteiger partial charge >= 0.3 is 0 Å². The summed E-state index contributed by atoms with van der Waals surface area (Å²) < 4.78 is 0. The van der Waals surface area contributed by atoms with Crippen molar-refractivity contribution in [2.24, 2.45) is 17.8 Å². The van der Waals surface area contributed by atoms with E-state index in [0.29, 0.717) is 23.7 Å². The van der Waals surface area contributed by atoms with Gasteiger partial charge in [0.2, 0.25) is 0 Å². The molecule has 0 aromatic heterocycles. The largest absolute Gasteiger partial charge is 0.0995 e. The van der Waals surface area contributed by atoms with E-state index in [9.17, 15) is 0 Å².